The van der Waals surface area contributed by atoms with Gasteiger partial charge < -0.3 is 4.90 Å². The fourth-order valence-electron chi connectivity index (χ4n) is 3.45. The van der Waals surface area contributed by atoms with E-state index in [1.807, 2.05) is 4.90 Å². The summed E-state index contributed by atoms with van der Waals surface area (Å²) in [5.41, 5.74) is -0.479. The Morgan fingerprint density at radius 1 is 1.35 bits per heavy atom. The Bertz CT molecular complexity index is 584. The van der Waals surface area contributed by atoms with Crippen LogP contribution in [0.3, 0.4) is 0 Å². The molecular formula is C15H21F3N4O. The smallest absolute Gasteiger partial charge is 0.340 e. The van der Waals surface area contributed by atoms with Gasteiger partial charge in [-0.2, -0.15) is 18.3 Å². The zero-order valence-corrected chi connectivity index (χ0v) is 13.1. The molecule has 2 saturated heterocycles. The number of hydrogen-bond acceptors (Lipinski definition) is 3. The summed E-state index contributed by atoms with van der Waals surface area (Å²) in [5.74, 6) is 0.00000803. The number of alkyl halides is 3. The number of carbonyl (C=O) groups excluding carboxylic acids is 1. The molecule has 23 heavy (non-hydrogen) atoms. The van der Waals surface area contributed by atoms with E-state index in [1.54, 1.807) is 6.92 Å². The first-order valence-corrected chi connectivity index (χ1v) is 7.98. The van der Waals surface area contributed by atoms with Gasteiger partial charge in [0.1, 0.15) is 0 Å². The molecule has 1 unspecified atom stereocenters. The third-order valence-electron chi connectivity index (χ3n) is 4.75. The molecule has 1 atom stereocenters. The average molecular weight is 330 g/mol. The van der Waals surface area contributed by atoms with E-state index in [9.17, 15) is 18.0 Å². The summed E-state index contributed by atoms with van der Waals surface area (Å²) in [5, 5.41) is 3.56. The lowest BCUT2D eigenvalue weighted by Crippen LogP contribution is -2.52. The Morgan fingerprint density at radius 2 is 2.13 bits per heavy atom. The molecule has 0 N–H and O–H groups in total. The van der Waals surface area contributed by atoms with E-state index < -0.39 is 11.9 Å². The highest BCUT2D eigenvalue weighted by Crippen LogP contribution is 2.28. The lowest BCUT2D eigenvalue weighted by Gasteiger charge is -2.37. The van der Waals surface area contributed by atoms with Crippen LogP contribution in [0.25, 0.3) is 0 Å². The van der Waals surface area contributed by atoms with Crippen LogP contribution in [0.1, 0.15) is 30.7 Å². The number of piperazine rings is 1. The zero-order valence-electron chi connectivity index (χ0n) is 13.1. The normalized spacial score (nSPS) is 22.4. The predicted octanol–water partition coefficient (Wildman–Crippen LogP) is 1.91. The zero-order chi connectivity index (χ0) is 16.6. The average Bonchev–Trinajstić information content (AvgIpc) is 3.09. The molecule has 8 heteroatoms. The van der Waals surface area contributed by atoms with Crippen molar-refractivity contribution in [1.82, 2.24) is 19.6 Å². The molecule has 0 aliphatic carbocycles. The summed E-state index contributed by atoms with van der Waals surface area (Å²) in [6.45, 7) is 5.22. The Balaban J connectivity index is 1.56. The van der Waals surface area contributed by atoms with Crippen LogP contribution >= 0.6 is 0 Å². The van der Waals surface area contributed by atoms with Gasteiger partial charge in [-0.15, -0.1) is 0 Å². The van der Waals surface area contributed by atoms with E-state index >= 15 is 0 Å². The number of hydrogen-bond donors (Lipinski definition) is 0. The summed E-state index contributed by atoms with van der Waals surface area (Å²) in [6, 6.07) is 1.47. The van der Waals surface area contributed by atoms with E-state index in [2.05, 4.69) is 10.00 Å². The molecule has 1 aromatic rings. The van der Waals surface area contributed by atoms with Crippen LogP contribution in [-0.2, 0) is 17.5 Å². The fraction of sp³-hybridized carbons (Fsp3) is 0.733. The van der Waals surface area contributed by atoms with Crippen LogP contribution in [-0.4, -0.2) is 57.7 Å². The van der Waals surface area contributed by atoms with E-state index in [-0.39, 0.29) is 18.9 Å². The number of halogens is 3. The van der Waals surface area contributed by atoms with E-state index in [0.717, 1.165) is 32.1 Å². The van der Waals surface area contributed by atoms with Crippen molar-refractivity contribution in [2.75, 3.05) is 26.2 Å². The third kappa shape index (κ3) is 3.52. The topological polar surface area (TPSA) is 41.4 Å². The summed E-state index contributed by atoms with van der Waals surface area (Å²) in [7, 11) is 0. The van der Waals surface area contributed by atoms with Gasteiger partial charge in [-0.05, 0) is 32.4 Å². The minimum atomic E-state index is -4.45. The van der Waals surface area contributed by atoms with Crippen molar-refractivity contribution >= 4 is 5.91 Å². The van der Waals surface area contributed by atoms with Gasteiger partial charge in [0, 0.05) is 44.3 Å². The van der Waals surface area contributed by atoms with Crippen LogP contribution in [0.15, 0.2) is 6.07 Å². The van der Waals surface area contributed by atoms with Gasteiger partial charge in [0.05, 0.1) is 0 Å². The Morgan fingerprint density at radius 3 is 2.83 bits per heavy atom. The number of rotatable bonds is 3. The molecule has 5 nitrogen and oxygen atoms in total. The van der Waals surface area contributed by atoms with Gasteiger partial charge >= 0.3 is 6.18 Å². The lowest BCUT2D eigenvalue weighted by atomic mass is 10.1. The highest BCUT2D eigenvalue weighted by molar-refractivity contribution is 5.76. The standard InChI is InChI=1S/C15H21F3N4O/c1-11-9-13(15(16,17)18)19-22(11)6-4-14(23)21-8-7-20-5-2-3-12(20)10-21/h9,12H,2-8,10H2,1H3. The molecule has 0 bridgehead atoms. The summed E-state index contributed by atoms with van der Waals surface area (Å²) < 4.78 is 39.2. The van der Waals surface area contributed by atoms with Crippen LogP contribution in [0, 0.1) is 6.92 Å². The second-order valence-corrected chi connectivity index (χ2v) is 6.31. The van der Waals surface area contributed by atoms with Gasteiger partial charge in [0.2, 0.25) is 5.91 Å². The summed E-state index contributed by atoms with van der Waals surface area (Å²) in [4.78, 5) is 16.6. The Labute approximate surface area is 133 Å². The van der Waals surface area contributed by atoms with Gasteiger partial charge in [-0.3, -0.25) is 14.4 Å². The van der Waals surface area contributed by atoms with Gasteiger partial charge in [0.25, 0.3) is 0 Å². The molecule has 0 aromatic carbocycles. The molecule has 2 aliphatic heterocycles. The lowest BCUT2D eigenvalue weighted by molar-refractivity contribution is -0.141. The molecule has 0 spiro atoms. The first kappa shape index (κ1) is 16.3. The van der Waals surface area contributed by atoms with Crippen LogP contribution < -0.4 is 0 Å². The molecule has 1 amide bonds. The maximum Gasteiger partial charge on any atom is 0.435 e. The van der Waals surface area contributed by atoms with Crippen molar-refractivity contribution in [3.8, 4) is 0 Å². The van der Waals surface area contributed by atoms with E-state index in [1.165, 1.54) is 11.1 Å². The Kier molecular flexibility index (Phi) is 4.35. The third-order valence-corrected chi connectivity index (χ3v) is 4.75. The number of fused-ring (bicyclic) bond motifs is 1. The van der Waals surface area contributed by atoms with Crippen molar-refractivity contribution in [2.24, 2.45) is 0 Å². The fourth-order valence-corrected chi connectivity index (χ4v) is 3.45. The monoisotopic (exact) mass is 330 g/mol. The number of amides is 1. The minimum Gasteiger partial charge on any atom is -0.340 e. The number of nitrogens with zero attached hydrogens (tertiary/aromatic N) is 4. The highest BCUT2D eigenvalue weighted by atomic mass is 19.4. The second-order valence-electron chi connectivity index (χ2n) is 6.31. The quantitative estimate of drug-likeness (QED) is 0.850. The largest absolute Gasteiger partial charge is 0.435 e. The van der Waals surface area contributed by atoms with Gasteiger partial charge in [-0.25, -0.2) is 0 Å². The SMILES string of the molecule is Cc1cc(C(F)(F)F)nn1CCC(=O)N1CCN2CCCC2C1. The number of carbonyl (C=O) groups is 1. The van der Waals surface area contributed by atoms with Gasteiger partial charge in [-0.1, -0.05) is 0 Å². The number of aryl methyl sites for hydroxylation is 2. The first-order valence-electron chi connectivity index (χ1n) is 7.98. The molecule has 3 rings (SSSR count). The van der Waals surface area contributed by atoms with Crippen molar-refractivity contribution in [1.29, 1.82) is 0 Å². The van der Waals surface area contributed by atoms with Crippen molar-refractivity contribution < 1.29 is 18.0 Å². The molecule has 0 radical (unpaired) electrons. The molecule has 3 heterocycles. The van der Waals surface area contributed by atoms with Crippen LogP contribution in [0.5, 0.6) is 0 Å². The molecular weight excluding hydrogens is 309 g/mol. The van der Waals surface area contributed by atoms with E-state index in [0.29, 0.717) is 18.3 Å². The number of aromatic nitrogens is 2. The van der Waals surface area contributed by atoms with Crippen molar-refractivity contribution in [3.63, 3.8) is 0 Å². The van der Waals surface area contributed by atoms with Crippen molar-refractivity contribution in [3.05, 3.63) is 17.5 Å². The molecule has 2 fully saturated rings. The van der Waals surface area contributed by atoms with Crippen molar-refractivity contribution in [2.45, 2.75) is 44.9 Å². The summed E-state index contributed by atoms with van der Waals surface area (Å²) >= 11 is 0. The second kappa shape index (κ2) is 6.14. The van der Waals surface area contributed by atoms with E-state index in [4.69, 9.17) is 0 Å². The molecule has 1 aromatic heterocycles. The molecule has 2 aliphatic rings. The highest BCUT2D eigenvalue weighted by Gasteiger charge is 2.35. The first-order chi connectivity index (χ1) is 10.8. The predicted molar refractivity (Wildman–Crippen MR) is 77.8 cm³/mol. The Hall–Kier alpha value is -1.57. The van der Waals surface area contributed by atoms with Crippen LogP contribution in [0.4, 0.5) is 13.2 Å². The maximum absolute atomic E-state index is 12.6. The van der Waals surface area contributed by atoms with Gasteiger partial charge in [0.15, 0.2) is 5.69 Å². The maximum atomic E-state index is 12.6. The molecule has 0 saturated carbocycles. The summed E-state index contributed by atoms with van der Waals surface area (Å²) in [6.07, 6.45) is -1.96. The van der Waals surface area contributed by atoms with Crippen LogP contribution in [0.2, 0.25) is 0 Å². The molecule has 128 valence electrons. The minimum absolute atomic E-state index is 0.00000803.